The molecule has 0 saturated carbocycles. The van der Waals surface area contributed by atoms with Gasteiger partial charge >= 0.3 is 0 Å². The fraction of sp³-hybridized carbons (Fsp3) is 0.292. The molecule has 3 aromatic rings. The number of unbranched alkanes of at least 4 members (excludes halogenated alkanes) is 4. The van der Waals surface area contributed by atoms with E-state index in [9.17, 15) is 0 Å². The predicted molar refractivity (Wildman–Crippen MR) is 107 cm³/mol. The molecular formula is C24H25N. The summed E-state index contributed by atoms with van der Waals surface area (Å²) in [6, 6.07) is 23.4. The van der Waals surface area contributed by atoms with E-state index in [2.05, 4.69) is 49.4 Å². The molecule has 3 aromatic carbocycles. The summed E-state index contributed by atoms with van der Waals surface area (Å²) >= 11 is 0. The van der Waals surface area contributed by atoms with Gasteiger partial charge in [0, 0.05) is 0 Å². The highest BCUT2D eigenvalue weighted by Gasteiger charge is 2.02. The van der Waals surface area contributed by atoms with Crippen LogP contribution in [-0.2, 0) is 6.42 Å². The molecule has 0 saturated heterocycles. The molecule has 1 heteroatoms. The monoisotopic (exact) mass is 327 g/mol. The third kappa shape index (κ3) is 4.48. The smallest absolute Gasteiger partial charge is 0.0991 e. The van der Waals surface area contributed by atoms with E-state index in [0.29, 0.717) is 5.56 Å². The highest BCUT2D eigenvalue weighted by Crippen LogP contribution is 2.26. The Hall–Kier alpha value is -2.59. The lowest BCUT2D eigenvalue weighted by Crippen LogP contribution is -1.87. The van der Waals surface area contributed by atoms with E-state index in [1.165, 1.54) is 60.4 Å². The van der Waals surface area contributed by atoms with Crippen molar-refractivity contribution >= 4 is 10.8 Å². The average Bonchev–Trinajstić information content (AvgIpc) is 2.67. The van der Waals surface area contributed by atoms with Gasteiger partial charge in [0.15, 0.2) is 0 Å². The maximum absolute atomic E-state index is 8.92. The third-order valence-electron chi connectivity index (χ3n) is 4.82. The first-order valence-electron chi connectivity index (χ1n) is 9.33. The van der Waals surface area contributed by atoms with Crippen LogP contribution in [0, 0.1) is 11.3 Å². The maximum Gasteiger partial charge on any atom is 0.0991 e. The lowest BCUT2D eigenvalue weighted by atomic mass is 9.98. The normalized spacial score (nSPS) is 10.7. The summed E-state index contributed by atoms with van der Waals surface area (Å²) in [5, 5.41) is 11.5. The average molecular weight is 327 g/mol. The summed E-state index contributed by atoms with van der Waals surface area (Å²) in [7, 11) is 0. The van der Waals surface area contributed by atoms with Gasteiger partial charge in [-0.15, -0.1) is 0 Å². The van der Waals surface area contributed by atoms with E-state index < -0.39 is 0 Å². The van der Waals surface area contributed by atoms with Crippen molar-refractivity contribution in [2.45, 2.75) is 45.4 Å². The minimum Gasteiger partial charge on any atom is -0.192 e. The molecule has 0 unspecified atom stereocenters. The van der Waals surface area contributed by atoms with Gasteiger partial charge in [0.25, 0.3) is 0 Å². The van der Waals surface area contributed by atoms with E-state index in [4.69, 9.17) is 5.26 Å². The number of fused-ring (bicyclic) bond motifs is 1. The highest BCUT2D eigenvalue weighted by atomic mass is 14.2. The molecule has 0 amide bonds. The number of aryl methyl sites for hydroxylation is 1. The largest absolute Gasteiger partial charge is 0.192 e. The van der Waals surface area contributed by atoms with Crippen molar-refractivity contribution in [3.05, 3.63) is 71.8 Å². The van der Waals surface area contributed by atoms with E-state index in [0.717, 1.165) is 5.56 Å². The zero-order valence-corrected chi connectivity index (χ0v) is 15.0. The number of rotatable bonds is 7. The van der Waals surface area contributed by atoms with Crippen LogP contribution < -0.4 is 0 Å². The lowest BCUT2D eigenvalue weighted by Gasteiger charge is -2.07. The Bertz CT molecular complexity index is 869. The van der Waals surface area contributed by atoms with E-state index in [1.807, 2.05) is 24.3 Å². The minimum atomic E-state index is 0.702. The summed E-state index contributed by atoms with van der Waals surface area (Å²) < 4.78 is 0. The van der Waals surface area contributed by atoms with Crippen molar-refractivity contribution in [3.8, 4) is 17.2 Å². The van der Waals surface area contributed by atoms with Crippen LogP contribution in [0.25, 0.3) is 21.9 Å². The summed E-state index contributed by atoms with van der Waals surface area (Å²) in [6.07, 6.45) is 7.82. The topological polar surface area (TPSA) is 23.8 Å². The predicted octanol–water partition coefficient (Wildman–Crippen LogP) is 6.89. The number of hydrogen-bond acceptors (Lipinski definition) is 1. The molecule has 0 aliphatic carbocycles. The van der Waals surface area contributed by atoms with Crippen LogP contribution in [0.2, 0.25) is 0 Å². The molecule has 0 heterocycles. The van der Waals surface area contributed by atoms with Crippen molar-refractivity contribution in [2.75, 3.05) is 0 Å². The first-order chi connectivity index (χ1) is 12.3. The van der Waals surface area contributed by atoms with Gasteiger partial charge in [0.05, 0.1) is 11.6 Å². The molecule has 126 valence electrons. The van der Waals surface area contributed by atoms with Gasteiger partial charge in [-0.3, -0.25) is 0 Å². The van der Waals surface area contributed by atoms with Gasteiger partial charge in [-0.2, -0.15) is 5.26 Å². The Morgan fingerprint density at radius 2 is 1.40 bits per heavy atom. The number of hydrogen-bond donors (Lipinski definition) is 0. The van der Waals surface area contributed by atoms with Crippen molar-refractivity contribution in [1.29, 1.82) is 5.26 Å². The molecule has 1 nitrogen and oxygen atoms in total. The lowest BCUT2D eigenvalue weighted by molar-refractivity contribution is 0.632. The summed E-state index contributed by atoms with van der Waals surface area (Å²) in [4.78, 5) is 0. The third-order valence-corrected chi connectivity index (χ3v) is 4.82. The van der Waals surface area contributed by atoms with Gasteiger partial charge < -0.3 is 0 Å². The molecule has 0 aliphatic rings. The summed E-state index contributed by atoms with van der Waals surface area (Å²) in [6.45, 7) is 2.26. The Balaban J connectivity index is 1.73. The number of benzene rings is 3. The molecule has 0 radical (unpaired) electrons. The van der Waals surface area contributed by atoms with Gasteiger partial charge in [0.2, 0.25) is 0 Å². The fourth-order valence-electron chi connectivity index (χ4n) is 3.30. The zero-order chi connectivity index (χ0) is 17.5. The van der Waals surface area contributed by atoms with Crippen molar-refractivity contribution in [3.63, 3.8) is 0 Å². The van der Waals surface area contributed by atoms with E-state index in [-0.39, 0.29) is 0 Å². The first-order valence-corrected chi connectivity index (χ1v) is 9.33. The summed E-state index contributed by atoms with van der Waals surface area (Å²) in [5.41, 5.74) is 4.49. The number of nitriles is 1. The van der Waals surface area contributed by atoms with Crippen LogP contribution in [-0.4, -0.2) is 0 Å². The van der Waals surface area contributed by atoms with Crippen molar-refractivity contribution in [1.82, 2.24) is 0 Å². The van der Waals surface area contributed by atoms with Gasteiger partial charge in [-0.05, 0) is 58.5 Å². The second kappa shape index (κ2) is 8.49. The molecule has 0 aliphatic heterocycles. The van der Waals surface area contributed by atoms with Crippen molar-refractivity contribution in [2.24, 2.45) is 0 Å². The van der Waals surface area contributed by atoms with E-state index in [1.54, 1.807) is 0 Å². The van der Waals surface area contributed by atoms with Gasteiger partial charge in [-0.25, -0.2) is 0 Å². The second-order valence-corrected chi connectivity index (χ2v) is 6.75. The molecule has 0 atom stereocenters. The second-order valence-electron chi connectivity index (χ2n) is 6.75. The maximum atomic E-state index is 8.92. The Kier molecular flexibility index (Phi) is 5.86. The molecule has 0 fully saturated rings. The molecule has 0 bridgehead atoms. The van der Waals surface area contributed by atoms with Crippen LogP contribution in [0.5, 0.6) is 0 Å². The van der Waals surface area contributed by atoms with Crippen LogP contribution in [0.1, 0.15) is 50.2 Å². The Morgan fingerprint density at radius 1 is 0.720 bits per heavy atom. The van der Waals surface area contributed by atoms with Crippen molar-refractivity contribution < 1.29 is 0 Å². The first kappa shape index (κ1) is 17.2. The summed E-state index contributed by atoms with van der Waals surface area (Å²) in [5.74, 6) is 0. The molecule has 3 rings (SSSR count). The van der Waals surface area contributed by atoms with Gasteiger partial charge in [0.1, 0.15) is 0 Å². The molecule has 0 N–H and O–H groups in total. The van der Waals surface area contributed by atoms with Crippen LogP contribution in [0.3, 0.4) is 0 Å². The zero-order valence-electron chi connectivity index (χ0n) is 15.0. The highest BCUT2D eigenvalue weighted by molar-refractivity contribution is 5.87. The van der Waals surface area contributed by atoms with Crippen LogP contribution in [0.15, 0.2) is 60.7 Å². The molecule has 0 aromatic heterocycles. The molecule has 0 spiro atoms. The van der Waals surface area contributed by atoms with E-state index >= 15 is 0 Å². The Morgan fingerprint density at radius 3 is 2.16 bits per heavy atom. The SMILES string of the molecule is CCCCCCCc1ccc2cc(-c3ccc(C#N)cc3)ccc2c1. The quantitative estimate of drug-likeness (QED) is 0.433. The van der Waals surface area contributed by atoms with Gasteiger partial charge in [-0.1, -0.05) is 75.1 Å². The number of nitrogens with zero attached hydrogens (tertiary/aromatic N) is 1. The standard InChI is InChI=1S/C24H25N/c1-2-3-4-5-6-7-19-8-13-24-17-23(15-14-22(24)16-19)21-11-9-20(18-25)10-12-21/h8-17H,2-7H2,1H3. The molecule has 25 heavy (non-hydrogen) atoms. The minimum absolute atomic E-state index is 0.702. The van der Waals surface area contributed by atoms with Crippen LogP contribution >= 0.6 is 0 Å². The fourth-order valence-corrected chi connectivity index (χ4v) is 3.30. The Labute approximate surface area is 150 Å². The molecular weight excluding hydrogens is 302 g/mol. The van der Waals surface area contributed by atoms with Crippen LogP contribution in [0.4, 0.5) is 0 Å².